The molecule has 1 aromatic heterocycles. The topological polar surface area (TPSA) is 53.4 Å². The largest absolute Gasteiger partial charge is 0.476 e. The summed E-state index contributed by atoms with van der Waals surface area (Å²) in [5, 5.41) is 11.4. The third kappa shape index (κ3) is 3.47. The van der Waals surface area contributed by atoms with E-state index in [1.807, 2.05) is 0 Å². The lowest BCUT2D eigenvalue weighted by Crippen LogP contribution is -2.26. The molecular formula is C14H22N2O2S. The van der Waals surface area contributed by atoms with Gasteiger partial charge in [0.25, 0.3) is 0 Å². The highest BCUT2D eigenvalue weighted by Gasteiger charge is 2.27. The van der Waals surface area contributed by atoms with Crippen LogP contribution in [0.4, 0.5) is 5.13 Å². The van der Waals surface area contributed by atoms with Gasteiger partial charge in [0.2, 0.25) is 0 Å². The first-order valence-electron chi connectivity index (χ1n) is 6.81. The van der Waals surface area contributed by atoms with E-state index in [0.29, 0.717) is 5.41 Å². The number of hydrogen-bond donors (Lipinski definition) is 1. The van der Waals surface area contributed by atoms with Crippen molar-refractivity contribution in [2.45, 2.75) is 40.0 Å². The van der Waals surface area contributed by atoms with Crippen LogP contribution in [0.2, 0.25) is 0 Å². The molecule has 106 valence electrons. The van der Waals surface area contributed by atoms with Gasteiger partial charge in [-0.25, -0.2) is 9.78 Å². The molecule has 0 radical (unpaired) electrons. The predicted octanol–water partition coefficient (Wildman–Crippen LogP) is 3.49. The molecule has 0 aromatic carbocycles. The Kier molecular flexibility index (Phi) is 4.13. The minimum atomic E-state index is -0.940. The van der Waals surface area contributed by atoms with Crippen molar-refractivity contribution >= 4 is 22.4 Å². The number of anilines is 1. The van der Waals surface area contributed by atoms with Crippen molar-refractivity contribution in [1.29, 1.82) is 0 Å². The zero-order valence-corrected chi connectivity index (χ0v) is 12.7. The Labute approximate surface area is 118 Å². The first-order chi connectivity index (χ1) is 8.88. The Morgan fingerprint density at radius 2 is 2.16 bits per heavy atom. The molecule has 0 aliphatic carbocycles. The van der Waals surface area contributed by atoms with E-state index in [1.165, 1.54) is 17.8 Å². The maximum absolute atomic E-state index is 10.9. The Hall–Kier alpha value is -1.10. The van der Waals surface area contributed by atoms with E-state index in [2.05, 4.69) is 30.7 Å². The number of carbonyl (C=O) groups is 1. The van der Waals surface area contributed by atoms with Crippen LogP contribution in [0.5, 0.6) is 0 Å². The highest BCUT2D eigenvalue weighted by molar-refractivity contribution is 7.13. The SMILES string of the molecule is CC(C)(C)C1CCCN(c2nc(C(=O)O)cs2)CC1. The van der Waals surface area contributed by atoms with E-state index in [9.17, 15) is 4.79 Å². The van der Waals surface area contributed by atoms with Crippen molar-refractivity contribution in [3.8, 4) is 0 Å². The normalized spacial score (nSPS) is 21.2. The van der Waals surface area contributed by atoms with Gasteiger partial charge in [0.05, 0.1) is 0 Å². The molecule has 2 heterocycles. The van der Waals surface area contributed by atoms with Gasteiger partial charge in [-0.3, -0.25) is 0 Å². The van der Waals surface area contributed by atoms with Crippen molar-refractivity contribution in [2.75, 3.05) is 18.0 Å². The molecule has 1 aliphatic rings. The monoisotopic (exact) mass is 282 g/mol. The van der Waals surface area contributed by atoms with Crippen LogP contribution >= 0.6 is 11.3 Å². The molecular weight excluding hydrogens is 260 g/mol. The third-order valence-corrected chi connectivity index (χ3v) is 4.84. The smallest absolute Gasteiger partial charge is 0.355 e. The molecule has 5 heteroatoms. The van der Waals surface area contributed by atoms with Crippen molar-refractivity contribution in [2.24, 2.45) is 11.3 Å². The summed E-state index contributed by atoms with van der Waals surface area (Å²) in [4.78, 5) is 17.3. The molecule has 0 bridgehead atoms. The van der Waals surface area contributed by atoms with E-state index in [0.717, 1.165) is 37.0 Å². The average Bonchev–Trinajstić information content (AvgIpc) is 2.66. The van der Waals surface area contributed by atoms with Gasteiger partial charge in [0.15, 0.2) is 10.8 Å². The summed E-state index contributed by atoms with van der Waals surface area (Å²) in [6.07, 6.45) is 3.56. The molecule has 1 unspecified atom stereocenters. The summed E-state index contributed by atoms with van der Waals surface area (Å²) in [6, 6.07) is 0. The molecule has 1 aliphatic heterocycles. The lowest BCUT2D eigenvalue weighted by atomic mass is 9.77. The molecule has 0 amide bonds. The second-order valence-electron chi connectivity index (χ2n) is 6.30. The summed E-state index contributed by atoms with van der Waals surface area (Å²) in [6.45, 7) is 8.88. The molecule has 19 heavy (non-hydrogen) atoms. The van der Waals surface area contributed by atoms with Crippen LogP contribution in [0.3, 0.4) is 0 Å². The molecule has 0 saturated carbocycles. The number of hydrogen-bond acceptors (Lipinski definition) is 4. The second kappa shape index (κ2) is 5.49. The Balaban J connectivity index is 2.04. The van der Waals surface area contributed by atoms with Gasteiger partial charge in [0.1, 0.15) is 0 Å². The molecule has 2 rings (SSSR count). The van der Waals surface area contributed by atoms with E-state index < -0.39 is 5.97 Å². The lowest BCUT2D eigenvalue weighted by Gasteiger charge is -2.29. The fourth-order valence-electron chi connectivity index (χ4n) is 2.66. The quantitative estimate of drug-likeness (QED) is 0.902. The van der Waals surface area contributed by atoms with Gasteiger partial charge in [-0.15, -0.1) is 11.3 Å². The minimum absolute atomic E-state index is 0.164. The number of nitrogens with zero attached hydrogens (tertiary/aromatic N) is 2. The molecule has 1 aromatic rings. The van der Waals surface area contributed by atoms with Gasteiger partial charge in [-0.05, 0) is 30.6 Å². The van der Waals surface area contributed by atoms with Gasteiger partial charge < -0.3 is 10.0 Å². The number of aromatic carboxylic acids is 1. The van der Waals surface area contributed by atoms with Crippen LogP contribution in [0.15, 0.2) is 5.38 Å². The maximum atomic E-state index is 10.9. The highest BCUT2D eigenvalue weighted by atomic mass is 32.1. The number of carboxylic acid groups (broad SMARTS) is 1. The van der Waals surface area contributed by atoms with Crippen LogP contribution in [0, 0.1) is 11.3 Å². The fraction of sp³-hybridized carbons (Fsp3) is 0.714. The zero-order chi connectivity index (χ0) is 14.0. The van der Waals surface area contributed by atoms with Gasteiger partial charge >= 0.3 is 5.97 Å². The summed E-state index contributed by atoms with van der Waals surface area (Å²) in [7, 11) is 0. The first-order valence-corrected chi connectivity index (χ1v) is 7.69. The first kappa shape index (κ1) is 14.3. The highest BCUT2D eigenvalue weighted by Crippen LogP contribution is 2.35. The minimum Gasteiger partial charge on any atom is -0.476 e. The molecule has 1 atom stereocenters. The van der Waals surface area contributed by atoms with Crippen LogP contribution in [0.25, 0.3) is 0 Å². The number of aromatic nitrogens is 1. The van der Waals surface area contributed by atoms with E-state index in [1.54, 1.807) is 5.38 Å². The van der Waals surface area contributed by atoms with Crippen molar-refractivity contribution in [3.63, 3.8) is 0 Å². The summed E-state index contributed by atoms with van der Waals surface area (Å²) >= 11 is 1.44. The van der Waals surface area contributed by atoms with Gasteiger partial charge in [0, 0.05) is 18.5 Å². The van der Waals surface area contributed by atoms with Crippen molar-refractivity contribution < 1.29 is 9.90 Å². The van der Waals surface area contributed by atoms with Crippen LogP contribution < -0.4 is 4.90 Å². The predicted molar refractivity (Wildman–Crippen MR) is 78.1 cm³/mol. The Bertz CT molecular complexity index is 451. The molecule has 0 spiro atoms. The van der Waals surface area contributed by atoms with E-state index in [4.69, 9.17) is 5.11 Å². The standard InChI is InChI=1S/C14H22N2O2S/c1-14(2,3)10-5-4-7-16(8-6-10)13-15-11(9-19-13)12(17)18/h9-10H,4-8H2,1-3H3,(H,17,18). The average molecular weight is 282 g/mol. The maximum Gasteiger partial charge on any atom is 0.355 e. The number of carboxylic acids is 1. The summed E-state index contributed by atoms with van der Waals surface area (Å²) in [5.41, 5.74) is 0.516. The van der Waals surface area contributed by atoms with E-state index in [-0.39, 0.29) is 5.69 Å². The molecule has 4 nitrogen and oxygen atoms in total. The van der Waals surface area contributed by atoms with Crippen LogP contribution in [-0.2, 0) is 0 Å². The zero-order valence-electron chi connectivity index (χ0n) is 11.8. The molecule has 1 saturated heterocycles. The fourth-order valence-corrected chi connectivity index (χ4v) is 3.51. The van der Waals surface area contributed by atoms with Crippen LogP contribution in [0.1, 0.15) is 50.5 Å². The van der Waals surface area contributed by atoms with Crippen LogP contribution in [-0.4, -0.2) is 29.1 Å². The van der Waals surface area contributed by atoms with Gasteiger partial charge in [-0.2, -0.15) is 0 Å². The van der Waals surface area contributed by atoms with Gasteiger partial charge in [-0.1, -0.05) is 20.8 Å². The Morgan fingerprint density at radius 3 is 2.74 bits per heavy atom. The second-order valence-corrected chi connectivity index (χ2v) is 7.14. The van der Waals surface area contributed by atoms with Crippen molar-refractivity contribution in [1.82, 2.24) is 4.98 Å². The molecule has 1 fully saturated rings. The lowest BCUT2D eigenvalue weighted by molar-refractivity contribution is 0.0691. The van der Waals surface area contributed by atoms with E-state index >= 15 is 0 Å². The Morgan fingerprint density at radius 1 is 1.42 bits per heavy atom. The number of rotatable bonds is 2. The number of thiazole rings is 1. The van der Waals surface area contributed by atoms with Crippen molar-refractivity contribution in [3.05, 3.63) is 11.1 Å². The molecule has 1 N–H and O–H groups in total. The third-order valence-electron chi connectivity index (χ3n) is 3.93. The summed E-state index contributed by atoms with van der Waals surface area (Å²) in [5.74, 6) is -0.207. The summed E-state index contributed by atoms with van der Waals surface area (Å²) < 4.78 is 0.